The maximum Gasteiger partial charge on any atom is 0.455 e. The summed E-state index contributed by atoms with van der Waals surface area (Å²) >= 11 is -3.35. The van der Waals surface area contributed by atoms with Gasteiger partial charge in [0.2, 0.25) is 0 Å². The van der Waals surface area contributed by atoms with Crippen LogP contribution in [-0.2, 0) is 19.7 Å². The predicted octanol–water partition coefficient (Wildman–Crippen LogP) is 2.36. The summed E-state index contributed by atoms with van der Waals surface area (Å²) in [6.07, 6.45) is -10.9. The topological polar surface area (TPSA) is 35.5 Å². The van der Waals surface area contributed by atoms with Crippen LogP contribution in [0.1, 0.15) is 0 Å². The van der Waals surface area contributed by atoms with E-state index < -0.39 is 42.9 Å². The van der Waals surface area contributed by atoms with Gasteiger partial charge in [-0.25, -0.2) is 0 Å². The summed E-state index contributed by atoms with van der Waals surface area (Å²) in [5, 5.41) is 0. The maximum absolute atomic E-state index is 12.1. The van der Waals surface area contributed by atoms with Gasteiger partial charge in [0.1, 0.15) is 6.61 Å². The number of hydrogen-bond acceptors (Lipinski definition) is 3. The van der Waals surface area contributed by atoms with Crippen molar-refractivity contribution in [3.05, 3.63) is 0 Å². The second-order valence-corrected chi connectivity index (χ2v) is 3.43. The molecule has 12 heteroatoms. The van der Waals surface area contributed by atoms with Crippen LogP contribution in [0, 0.1) is 0 Å². The Labute approximate surface area is 91.5 Å². The lowest BCUT2D eigenvalue weighted by Crippen LogP contribution is -2.41. The first-order chi connectivity index (χ1) is 7.35. The first-order valence-electron chi connectivity index (χ1n) is 3.55. The van der Waals surface area contributed by atoms with Crippen molar-refractivity contribution >= 4 is 11.4 Å². The number of halogens is 8. The van der Waals surface area contributed by atoms with Crippen LogP contribution >= 0.6 is 0 Å². The zero-order chi connectivity index (χ0) is 13.9. The van der Waals surface area contributed by atoms with Crippen molar-refractivity contribution in [2.24, 2.45) is 0 Å². The molecule has 0 aromatic heterocycles. The van der Waals surface area contributed by atoms with E-state index in [1.54, 1.807) is 0 Å². The van der Waals surface area contributed by atoms with Crippen molar-refractivity contribution < 1.29 is 47.7 Å². The van der Waals surface area contributed by atoms with E-state index in [0.717, 1.165) is 0 Å². The molecule has 0 aliphatic heterocycles. The Morgan fingerprint density at radius 1 is 0.824 bits per heavy atom. The van der Waals surface area contributed by atoms with Crippen molar-refractivity contribution in [2.75, 3.05) is 13.2 Å². The number of alkyl halides is 8. The molecule has 0 N–H and O–H groups in total. The van der Waals surface area contributed by atoms with Gasteiger partial charge in [0.05, 0.1) is 0 Å². The minimum atomic E-state index is -5.96. The van der Waals surface area contributed by atoms with Crippen molar-refractivity contribution in [2.45, 2.75) is 18.3 Å². The molecule has 1 atom stereocenters. The van der Waals surface area contributed by atoms with Gasteiger partial charge < -0.3 is 0 Å². The summed E-state index contributed by atoms with van der Waals surface area (Å²) in [5.74, 6) is -5.33. The van der Waals surface area contributed by atoms with E-state index in [2.05, 4.69) is 8.37 Å². The van der Waals surface area contributed by atoms with E-state index in [-0.39, 0.29) is 0 Å². The van der Waals surface area contributed by atoms with Gasteiger partial charge in [-0.1, -0.05) is 0 Å². The number of rotatable bonds is 5. The van der Waals surface area contributed by atoms with E-state index in [9.17, 15) is 39.3 Å². The summed E-state index contributed by atoms with van der Waals surface area (Å²) in [5.41, 5.74) is 0. The molecule has 0 saturated heterocycles. The fourth-order valence-corrected chi connectivity index (χ4v) is 0.895. The van der Waals surface area contributed by atoms with Crippen LogP contribution in [0.5, 0.6) is 0 Å². The Kier molecular flexibility index (Phi) is 5.28. The largest absolute Gasteiger partial charge is 0.455 e. The lowest BCUT2D eigenvalue weighted by Gasteiger charge is -2.18. The van der Waals surface area contributed by atoms with Gasteiger partial charge in [-0.3, -0.25) is 8.37 Å². The fraction of sp³-hybridized carbons (Fsp3) is 1.00. The van der Waals surface area contributed by atoms with Crippen LogP contribution in [0.25, 0.3) is 0 Å². The Morgan fingerprint density at radius 3 is 1.59 bits per heavy atom. The molecule has 0 spiro atoms. The standard InChI is InChI=1S/C5H4F8O3S/c6-3(7,5(11,12)13)1-15-17(14)16-2-4(8,9)10/h1-2H2. The molecule has 0 rings (SSSR count). The molecule has 0 aliphatic rings. The highest BCUT2D eigenvalue weighted by atomic mass is 32.2. The third-order valence-electron chi connectivity index (χ3n) is 1.07. The van der Waals surface area contributed by atoms with E-state index in [1.165, 1.54) is 0 Å². The van der Waals surface area contributed by atoms with Gasteiger partial charge in [-0.15, -0.1) is 0 Å². The normalized spacial score (nSPS) is 16.0. The molecule has 104 valence electrons. The van der Waals surface area contributed by atoms with Gasteiger partial charge in [0, 0.05) is 0 Å². The summed E-state index contributed by atoms with van der Waals surface area (Å²) in [6.45, 7) is -4.50. The van der Waals surface area contributed by atoms with E-state index in [0.29, 0.717) is 0 Å². The molecule has 0 saturated carbocycles. The summed E-state index contributed by atoms with van der Waals surface area (Å²) < 4.78 is 110. The molecule has 0 amide bonds. The number of hydrogen-bond donors (Lipinski definition) is 0. The Hall–Kier alpha value is -0.490. The van der Waals surface area contributed by atoms with Crippen LogP contribution in [0.2, 0.25) is 0 Å². The molecule has 0 heterocycles. The lowest BCUT2D eigenvalue weighted by molar-refractivity contribution is -0.289. The molecule has 0 radical (unpaired) electrons. The molecule has 0 aromatic carbocycles. The molecule has 0 bridgehead atoms. The van der Waals surface area contributed by atoms with Crippen molar-refractivity contribution in [3.63, 3.8) is 0 Å². The van der Waals surface area contributed by atoms with Gasteiger partial charge in [-0.2, -0.15) is 39.3 Å². The fourth-order valence-electron chi connectivity index (χ4n) is 0.353. The van der Waals surface area contributed by atoms with Gasteiger partial charge >= 0.3 is 29.6 Å². The average Bonchev–Trinajstić information content (AvgIpc) is 2.08. The predicted molar refractivity (Wildman–Crippen MR) is 37.1 cm³/mol. The maximum atomic E-state index is 12.1. The molecule has 1 unspecified atom stereocenters. The second-order valence-electron chi connectivity index (χ2n) is 2.55. The van der Waals surface area contributed by atoms with Gasteiger partial charge in [0.15, 0.2) is 6.61 Å². The molecule has 17 heavy (non-hydrogen) atoms. The molecule has 0 aromatic rings. The first-order valence-corrected chi connectivity index (χ1v) is 4.55. The Morgan fingerprint density at radius 2 is 1.24 bits per heavy atom. The second kappa shape index (κ2) is 5.44. The molecular weight excluding hydrogens is 292 g/mol. The zero-order valence-electron chi connectivity index (χ0n) is 7.57. The van der Waals surface area contributed by atoms with Crippen molar-refractivity contribution in [3.8, 4) is 0 Å². The van der Waals surface area contributed by atoms with Crippen LogP contribution in [-0.4, -0.2) is 35.7 Å². The molecule has 0 aliphatic carbocycles. The zero-order valence-corrected chi connectivity index (χ0v) is 8.39. The molecule has 3 nitrogen and oxygen atoms in total. The monoisotopic (exact) mass is 296 g/mol. The van der Waals surface area contributed by atoms with E-state index in [1.807, 2.05) is 0 Å². The third-order valence-corrected chi connectivity index (χ3v) is 1.69. The highest BCUT2D eigenvalue weighted by molar-refractivity contribution is 7.75. The van der Waals surface area contributed by atoms with Crippen molar-refractivity contribution in [1.82, 2.24) is 0 Å². The summed E-state index contributed by atoms with van der Waals surface area (Å²) in [7, 11) is 0. The summed E-state index contributed by atoms with van der Waals surface area (Å²) in [6, 6.07) is 0. The van der Waals surface area contributed by atoms with Gasteiger partial charge in [-0.05, 0) is 0 Å². The lowest BCUT2D eigenvalue weighted by atomic mass is 10.3. The van der Waals surface area contributed by atoms with Crippen LogP contribution in [0.4, 0.5) is 35.1 Å². The minimum absolute atomic E-state index is 2.10. The smallest absolute Gasteiger partial charge is 0.262 e. The van der Waals surface area contributed by atoms with E-state index >= 15 is 0 Å². The molecule has 0 fully saturated rings. The summed E-state index contributed by atoms with van der Waals surface area (Å²) in [4.78, 5) is 0. The van der Waals surface area contributed by atoms with Crippen LogP contribution in [0.3, 0.4) is 0 Å². The minimum Gasteiger partial charge on any atom is -0.262 e. The highest BCUT2D eigenvalue weighted by Crippen LogP contribution is 2.35. The van der Waals surface area contributed by atoms with Crippen LogP contribution < -0.4 is 0 Å². The third kappa shape index (κ3) is 6.73. The average molecular weight is 296 g/mol. The first kappa shape index (κ1) is 16.5. The van der Waals surface area contributed by atoms with Crippen LogP contribution in [0.15, 0.2) is 0 Å². The van der Waals surface area contributed by atoms with E-state index in [4.69, 9.17) is 0 Å². The SMILES string of the molecule is O=S(OCC(F)(F)F)OCC(F)(F)C(F)(F)F. The Bertz CT molecular complexity index is 271. The van der Waals surface area contributed by atoms with Gasteiger partial charge in [0.25, 0.3) is 0 Å². The van der Waals surface area contributed by atoms with Crippen molar-refractivity contribution in [1.29, 1.82) is 0 Å². The Balaban J connectivity index is 4.09. The quantitative estimate of drug-likeness (QED) is 0.731. The molecular formula is C5H4F8O3S. The highest BCUT2D eigenvalue weighted by Gasteiger charge is 2.58.